The van der Waals surface area contributed by atoms with Crippen molar-refractivity contribution in [2.45, 2.75) is 5.16 Å². The SMILES string of the molecule is O=C(CSc1nc(Nc2ccccc2)nc(N2CCOCC2)n1)Nc1ccccc1C(=O)O. The number of rotatable bonds is 8. The molecule has 3 N–H and O–H groups in total. The minimum absolute atomic E-state index is 0.00525. The van der Waals surface area contributed by atoms with Crippen LogP contribution in [0.3, 0.4) is 0 Å². The average Bonchev–Trinajstić information content (AvgIpc) is 2.84. The molecule has 0 radical (unpaired) electrons. The van der Waals surface area contributed by atoms with Gasteiger partial charge < -0.3 is 25.4 Å². The fraction of sp³-hybridized carbons (Fsp3) is 0.227. The summed E-state index contributed by atoms with van der Waals surface area (Å²) in [5.74, 6) is -0.587. The van der Waals surface area contributed by atoms with E-state index in [0.29, 0.717) is 43.4 Å². The maximum atomic E-state index is 12.5. The molecular weight excluding hydrogens is 444 g/mol. The summed E-state index contributed by atoms with van der Waals surface area (Å²) in [6.45, 7) is 2.48. The molecule has 0 aliphatic carbocycles. The van der Waals surface area contributed by atoms with Crippen molar-refractivity contribution in [2.24, 2.45) is 0 Å². The molecule has 170 valence electrons. The molecule has 0 saturated carbocycles. The van der Waals surface area contributed by atoms with Gasteiger partial charge in [0.25, 0.3) is 0 Å². The van der Waals surface area contributed by atoms with E-state index in [9.17, 15) is 14.7 Å². The fourth-order valence-corrected chi connectivity index (χ4v) is 3.75. The van der Waals surface area contributed by atoms with Crippen LogP contribution in [0.2, 0.25) is 0 Å². The van der Waals surface area contributed by atoms with Crippen LogP contribution in [-0.2, 0) is 9.53 Å². The lowest BCUT2D eigenvalue weighted by Gasteiger charge is -2.27. The molecule has 0 spiro atoms. The summed E-state index contributed by atoms with van der Waals surface area (Å²) in [6, 6.07) is 15.8. The number of ether oxygens (including phenoxy) is 1. The van der Waals surface area contributed by atoms with Gasteiger partial charge in [0, 0.05) is 18.8 Å². The standard InChI is InChI=1S/C22H22N6O4S/c29-18(24-17-9-5-4-8-16(17)19(30)31)14-33-22-26-20(23-15-6-2-1-3-7-15)25-21(27-22)28-10-12-32-13-11-28/h1-9H,10-14H2,(H,24,29)(H,30,31)(H,23,25,26,27). The second-order valence-electron chi connectivity index (χ2n) is 7.02. The van der Waals surface area contributed by atoms with E-state index < -0.39 is 5.97 Å². The van der Waals surface area contributed by atoms with Crippen molar-refractivity contribution in [1.82, 2.24) is 15.0 Å². The van der Waals surface area contributed by atoms with Crippen molar-refractivity contribution >= 4 is 46.9 Å². The second kappa shape index (κ2) is 10.7. The third-order valence-electron chi connectivity index (χ3n) is 4.69. The smallest absolute Gasteiger partial charge is 0.337 e. The first-order chi connectivity index (χ1) is 16.1. The first-order valence-corrected chi connectivity index (χ1v) is 11.2. The molecule has 0 atom stereocenters. The quantitative estimate of drug-likeness (QED) is 0.426. The first kappa shape index (κ1) is 22.5. The van der Waals surface area contributed by atoms with E-state index in [0.717, 1.165) is 17.4 Å². The Labute approximate surface area is 194 Å². The number of aromatic carboxylic acids is 1. The topological polar surface area (TPSA) is 130 Å². The Morgan fingerprint density at radius 1 is 1.00 bits per heavy atom. The maximum absolute atomic E-state index is 12.5. The van der Waals surface area contributed by atoms with E-state index >= 15 is 0 Å². The number of benzene rings is 2. The molecular formula is C22H22N6O4S. The van der Waals surface area contributed by atoms with E-state index in [-0.39, 0.29) is 22.9 Å². The minimum Gasteiger partial charge on any atom is -0.478 e. The summed E-state index contributed by atoms with van der Waals surface area (Å²) in [5, 5.41) is 15.5. The zero-order chi connectivity index (χ0) is 23.0. The Morgan fingerprint density at radius 2 is 1.73 bits per heavy atom. The third kappa shape index (κ3) is 6.18. The number of carbonyl (C=O) groups is 2. The van der Waals surface area contributed by atoms with Crippen LogP contribution < -0.4 is 15.5 Å². The van der Waals surface area contributed by atoms with Crippen molar-refractivity contribution in [3.63, 3.8) is 0 Å². The Hall–Kier alpha value is -3.70. The number of nitrogens with zero attached hydrogens (tertiary/aromatic N) is 4. The zero-order valence-electron chi connectivity index (χ0n) is 17.6. The molecule has 0 unspecified atom stereocenters. The van der Waals surface area contributed by atoms with Crippen LogP contribution in [-0.4, -0.2) is 64.0 Å². The molecule has 33 heavy (non-hydrogen) atoms. The molecule has 11 heteroatoms. The third-order valence-corrected chi connectivity index (χ3v) is 5.54. The Bertz CT molecular complexity index is 1120. The highest BCUT2D eigenvalue weighted by Crippen LogP contribution is 2.22. The van der Waals surface area contributed by atoms with E-state index in [2.05, 4.69) is 25.6 Å². The number of carboxylic acid groups (broad SMARTS) is 1. The lowest BCUT2D eigenvalue weighted by atomic mass is 10.2. The predicted molar refractivity (Wildman–Crippen MR) is 125 cm³/mol. The van der Waals surface area contributed by atoms with Gasteiger partial charge in [0.05, 0.1) is 30.2 Å². The van der Waals surface area contributed by atoms with E-state index in [1.165, 1.54) is 6.07 Å². The predicted octanol–water partition coefficient (Wildman–Crippen LogP) is 2.88. The molecule has 4 rings (SSSR count). The molecule has 1 fully saturated rings. The molecule has 0 bridgehead atoms. The number of nitrogens with one attached hydrogen (secondary N) is 2. The number of morpholine rings is 1. The van der Waals surface area contributed by atoms with Crippen LogP contribution >= 0.6 is 11.8 Å². The second-order valence-corrected chi connectivity index (χ2v) is 7.96. The molecule has 1 aliphatic heterocycles. The first-order valence-electron chi connectivity index (χ1n) is 10.2. The molecule has 10 nitrogen and oxygen atoms in total. The van der Waals surface area contributed by atoms with Gasteiger partial charge in [0.15, 0.2) is 5.16 Å². The van der Waals surface area contributed by atoms with Crippen molar-refractivity contribution in [2.75, 3.05) is 47.6 Å². The van der Waals surface area contributed by atoms with E-state index in [1.54, 1.807) is 18.2 Å². The van der Waals surface area contributed by atoms with Crippen LogP contribution in [0.5, 0.6) is 0 Å². The summed E-state index contributed by atoms with van der Waals surface area (Å²) in [5.41, 5.74) is 1.10. The number of aromatic nitrogens is 3. The maximum Gasteiger partial charge on any atom is 0.337 e. The van der Waals surface area contributed by atoms with Gasteiger partial charge in [0.1, 0.15) is 0 Å². The summed E-state index contributed by atoms with van der Waals surface area (Å²) in [7, 11) is 0. The lowest BCUT2D eigenvalue weighted by Crippen LogP contribution is -2.37. The van der Waals surface area contributed by atoms with Gasteiger partial charge in [-0.1, -0.05) is 42.1 Å². The average molecular weight is 467 g/mol. The van der Waals surface area contributed by atoms with Gasteiger partial charge in [0.2, 0.25) is 17.8 Å². The van der Waals surface area contributed by atoms with Crippen molar-refractivity contribution in [3.05, 3.63) is 60.2 Å². The van der Waals surface area contributed by atoms with Gasteiger partial charge in [-0.3, -0.25) is 4.79 Å². The number of hydrogen-bond acceptors (Lipinski definition) is 9. The molecule has 1 aromatic heterocycles. The Morgan fingerprint density at radius 3 is 2.48 bits per heavy atom. The summed E-state index contributed by atoms with van der Waals surface area (Å²) in [4.78, 5) is 39.3. The normalized spacial score (nSPS) is 13.4. The highest BCUT2D eigenvalue weighted by Gasteiger charge is 2.18. The zero-order valence-corrected chi connectivity index (χ0v) is 18.4. The molecule has 1 amide bonds. The number of thioether (sulfide) groups is 1. The van der Waals surface area contributed by atoms with E-state index in [4.69, 9.17) is 4.74 Å². The number of hydrogen-bond donors (Lipinski definition) is 3. The number of carbonyl (C=O) groups excluding carboxylic acids is 1. The van der Waals surface area contributed by atoms with Crippen molar-refractivity contribution < 1.29 is 19.4 Å². The Balaban J connectivity index is 1.49. The fourth-order valence-electron chi connectivity index (χ4n) is 3.12. The minimum atomic E-state index is -1.11. The molecule has 2 heterocycles. The largest absolute Gasteiger partial charge is 0.478 e. The van der Waals surface area contributed by atoms with Gasteiger partial charge in [-0.2, -0.15) is 15.0 Å². The van der Waals surface area contributed by atoms with Crippen LogP contribution in [0.1, 0.15) is 10.4 Å². The Kier molecular flexibility index (Phi) is 7.33. The molecule has 3 aromatic rings. The summed E-state index contributed by atoms with van der Waals surface area (Å²) < 4.78 is 5.41. The molecule has 2 aromatic carbocycles. The van der Waals surface area contributed by atoms with Crippen LogP contribution in [0, 0.1) is 0 Å². The molecule has 1 saturated heterocycles. The van der Waals surface area contributed by atoms with Gasteiger partial charge in [-0.25, -0.2) is 4.79 Å². The highest BCUT2D eigenvalue weighted by molar-refractivity contribution is 7.99. The number of carboxylic acids is 1. The molecule has 1 aliphatic rings. The van der Waals surface area contributed by atoms with Crippen molar-refractivity contribution in [1.29, 1.82) is 0 Å². The van der Waals surface area contributed by atoms with Gasteiger partial charge in [-0.15, -0.1) is 0 Å². The van der Waals surface area contributed by atoms with Crippen LogP contribution in [0.25, 0.3) is 0 Å². The summed E-state index contributed by atoms with van der Waals surface area (Å²) >= 11 is 1.15. The number of amides is 1. The van der Waals surface area contributed by atoms with Gasteiger partial charge >= 0.3 is 5.97 Å². The van der Waals surface area contributed by atoms with E-state index in [1.807, 2.05) is 35.2 Å². The van der Waals surface area contributed by atoms with Crippen LogP contribution in [0.15, 0.2) is 59.8 Å². The monoisotopic (exact) mass is 466 g/mol. The van der Waals surface area contributed by atoms with Crippen molar-refractivity contribution in [3.8, 4) is 0 Å². The van der Waals surface area contributed by atoms with Crippen LogP contribution in [0.4, 0.5) is 23.3 Å². The number of anilines is 4. The number of para-hydroxylation sites is 2. The lowest BCUT2D eigenvalue weighted by molar-refractivity contribution is -0.113. The highest BCUT2D eigenvalue weighted by atomic mass is 32.2. The summed E-state index contributed by atoms with van der Waals surface area (Å²) in [6.07, 6.45) is 0. The van der Waals surface area contributed by atoms with Gasteiger partial charge in [-0.05, 0) is 24.3 Å².